The standard InChI is InChI=1S/C13H19N/c1-10-3-4-11(2)13(9-10)12-5-7-14-8-6-12/h3-4,9,12,14H,5-8H2,1-2H3. The van der Waals surface area contributed by atoms with Crippen LogP contribution in [0.4, 0.5) is 0 Å². The van der Waals surface area contributed by atoms with Gasteiger partial charge in [-0.05, 0) is 56.8 Å². The van der Waals surface area contributed by atoms with E-state index in [0.717, 1.165) is 5.92 Å². The molecule has 0 radical (unpaired) electrons. The first-order valence-electron chi connectivity index (χ1n) is 5.55. The van der Waals surface area contributed by atoms with Gasteiger partial charge in [-0.1, -0.05) is 23.8 Å². The summed E-state index contributed by atoms with van der Waals surface area (Å²) >= 11 is 0. The summed E-state index contributed by atoms with van der Waals surface area (Å²) in [5.41, 5.74) is 4.43. The molecular formula is C13H19N. The van der Waals surface area contributed by atoms with Crippen LogP contribution in [-0.4, -0.2) is 13.1 Å². The zero-order valence-corrected chi connectivity index (χ0v) is 9.14. The van der Waals surface area contributed by atoms with E-state index in [4.69, 9.17) is 0 Å². The molecule has 0 unspecified atom stereocenters. The van der Waals surface area contributed by atoms with Gasteiger partial charge < -0.3 is 5.32 Å². The fourth-order valence-corrected chi connectivity index (χ4v) is 2.33. The summed E-state index contributed by atoms with van der Waals surface area (Å²) in [7, 11) is 0. The zero-order valence-electron chi connectivity index (χ0n) is 9.14. The Bertz CT molecular complexity index is 311. The lowest BCUT2D eigenvalue weighted by Crippen LogP contribution is -2.26. The van der Waals surface area contributed by atoms with Crippen molar-refractivity contribution in [2.45, 2.75) is 32.6 Å². The van der Waals surface area contributed by atoms with Crippen molar-refractivity contribution in [2.75, 3.05) is 13.1 Å². The van der Waals surface area contributed by atoms with Crippen LogP contribution < -0.4 is 5.32 Å². The molecule has 14 heavy (non-hydrogen) atoms. The van der Waals surface area contributed by atoms with Crippen LogP contribution in [0.15, 0.2) is 18.2 Å². The molecule has 1 aromatic carbocycles. The molecule has 0 amide bonds. The SMILES string of the molecule is Cc1ccc(C)c(C2CCNCC2)c1. The fraction of sp³-hybridized carbons (Fsp3) is 0.538. The minimum absolute atomic E-state index is 0.788. The molecule has 76 valence electrons. The molecule has 1 nitrogen and oxygen atoms in total. The summed E-state index contributed by atoms with van der Waals surface area (Å²) in [4.78, 5) is 0. The smallest absolute Gasteiger partial charge is 0.00431 e. The van der Waals surface area contributed by atoms with Crippen LogP contribution in [-0.2, 0) is 0 Å². The van der Waals surface area contributed by atoms with Gasteiger partial charge in [-0.2, -0.15) is 0 Å². The zero-order chi connectivity index (χ0) is 9.97. The van der Waals surface area contributed by atoms with Crippen molar-refractivity contribution in [1.29, 1.82) is 0 Å². The van der Waals surface area contributed by atoms with E-state index in [9.17, 15) is 0 Å². The molecule has 2 rings (SSSR count). The molecule has 1 aliphatic rings. The van der Waals surface area contributed by atoms with Crippen molar-refractivity contribution in [3.8, 4) is 0 Å². The third-order valence-corrected chi connectivity index (χ3v) is 3.21. The van der Waals surface area contributed by atoms with Crippen LogP contribution in [0.2, 0.25) is 0 Å². The van der Waals surface area contributed by atoms with Gasteiger partial charge in [0.05, 0.1) is 0 Å². The Balaban J connectivity index is 2.24. The summed E-state index contributed by atoms with van der Waals surface area (Å²) in [6.45, 7) is 6.77. The maximum atomic E-state index is 3.42. The Kier molecular flexibility index (Phi) is 2.87. The molecule has 1 aliphatic heterocycles. The average molecular weight is 189 g/mol. The Morgan fingerprint density at radius 1 is 1.14 bits per heavy atom. The number of hydrogen-bond donors (Lipinski definition) is 1. The lowest BCUT2D eigenvalue weighted by Gasteiger charge is -2.24. The monoisotopic (exact) mass is 189 g/mol. The van der Waals surface area contributed by atoms with Crippen molar-refractivity contribution in [3.63, 3.8) is 0 Å². The maximum absolute atomic E-state index is 3.42. The number of benzene rings is 1. The van der Waals surface area contributed by atoms with Gasteiger partial charge in [0.1, 0.15) is 0 Å². The number of nitrogens with one attached hydrogen (secondary N) is 1. The van der Waals surface area contributed by atoms with E-state index in [1.807, 2.05) is 0 Å². The molecule has 1 saturated heterocycles. The normalized spacial score (nSPS) is 18.4. The van der Waals surface area contributed by atoms with Crippen LogP contribution in [0.3, 0.4) is 0 Å². The van der Waals surface area contributed by atoms with E-state index >= 15 is 0 Å². The summed E-state index contributed by atoms with van der Waals surface area (Å²) in [5, 5.41) is 3.42. The molecule has 0 aliphatic carbocycles. The third kappa shape index (κ3) is 1.98. The number of piperidine rings is 1. The van der Waals surface area contributed by atoms with Crippen molar-refractivity contribution in [1.82, 2.24) is 5.32 Å². The van der Waals surface area contributed by atoms with E-state index in [1.165, 1.54) is 37.1 Å². The minimum atomic E-state index is 0.788. The molecule has 1 fully saturated rings. The van der Waals surface area contributed by atoms with Gasteiger partial charge in [0.25, 0.3) is 0 Å². The third-order valence-electron chi connectivity index (χ3n) is 3.21. The summed E-state index contributed by atoms with van der Waals surface area (Å²) < 4.78 is 0. The highest BCUT2D eigenvalue weighted by atomic mass is 14.9. The lowest BCUT2D eigenvalue weighted by molar-refractivity contribution is 0.459. The molecular weight excluding hydrogens is 170 g/mol. The second-order valence-electron chi connectivity index (χ2n) is 4.38. The van der Waals surface area contributed by atoms with E-state index in [1.54, 1.807) is 5.56 Å². The van der Waals surface area contributed by atoms with Crippen LogP contribution in [0, 0.1) is 13.8 Å². The first kappa shape index (κ1) is 9.72. The summed E-state index contributed by atoms with van der Waals surface area (Å²) in [6.07, 6.45) is 2.59. The molecule has 0 saturated carbocycles. The first-order chi connectivity index (χ1) is 6.77. The van der Waals surface area contributed by atoms with Gasteiger partial charge in [-0.3, -0.25) is 0 Å². The van der Waals surface area contributed by atoms with E-state index in [-0.39, 0.29) is 0 Å². The van der Waals surface area contributed by atoms with Crippen LogP contribution in [0.25, 0.3) is 0 Å². The van der Waals surface area contributed by atoms with Gasteiger partial charge in [0.15, 0.2) is 0 Å². The molecule has 0 bridgehead atoms. The molecule has 1 heteroatoms. The van der Waals surface area contributed by atoms with Gasteiger partial charge in [0, 0.05) is 0 Å². The highest BCUT2D eigenvalue weighted by molar-refractivity contribution is 5.33. The van der Waals surface area contributed by atoms with Gasteiger partial charge in [-0.15, -0.1) is 0 Å². The molecule has 0 aromatic heterocycles. The largest absolute Gasteiger partial charge is 0.317 e. The minimum Gasteiger partial charge on any atom is -0.317 e. The van der Waals surface area contributed by atoms with Crippen LogP contribution in [0.5, 0.6) is 0 Å². The lowest BCUT2D eigenvalue weighted by atomic mass is 9.87. The van der Waals surface area contributed by atoms with Crippen molar-refractivity contribution in [2.24, 2.45) is 0 Å². The quantitative estimate of drug-likeness (QED) is 0.716. The highest BCUT2D eigenvalue weighted by Gasteiger charge is 2.16. The Morgan fingerprint density at radius 3 is 2.57 bits per heavy atom. The summed E-state index contributed by atoms with van der Waals surface area (Å²) in [6, 6.07) is 6.83. The second-order valence-corrected chi connectivity index (χ2v) is 4.38. The molecule has 1 N–H and O–H groups in total. The van der Waals surface area contributed by atoms with E-state index in [2.05, 4.69) is 37.4 Å². The van der Waals surface area contributed by atoms with E-state index < -0.39 is 0 Å². The predicted molar refractivity (Wildman–Crippen MR) is 60.8 cm³/mol. The summed E-state index contributed by atoms with van der Waals surface area (Å²) in [5.74, 6) is 0.788. The van der Waals surface area contributed by atoms with Crippen molar-refractivity contribution in [3.05, 3.63) is 34.9 Å². The number of aryl methyl sites for hydroxylation is 2. The van der Waals surface area contributed by atoms with Gasteiger partial charge >= 0.3 is 0 Å². The number of rotatable bonds is 1. The number of hydrogen-bond acceptors (Lipinski definition) is 1. The van der Waals surface area contributed by atoms with Gasteiger partial charge in [0.2, 0.25) is 0 Å². The topological polar surface area (TPSA) is 12.0 Å². The molecule has 0 spiro atoms. The molecule has 1 aromatic rings. The molecule has 0 atom stereocenters. The predicted octanol–water partition coefficient (Wildman–Crippen LogP) is 2.77. The fourth-order valence-electron chi connectivity index (χ4n) is 2.33. The van der Waals surface area contributed by atoms with Gasteiger partial charge in [-0.25, -0.2) is 0 Å². The highest BCUT2D eigenvalue weighted by Crippen LogP contribution is 2.28. The first-order valence-corrected chi connectivity index (χ1v) is 5.55. The Hall–Kier alpha value is -0.820. The average Bonchev–Trinajstić information content (AvgIpc) is 2.23. The Morgan fingerprint density at radius 2 is 1.86 bits per heavy atom. The van der Waals surface area contributed by atoms with Crippen LogP contribution in [0.1, 0.15) is 35.4 Å². The Labute approximate surface area is 86.5 Å². The molecule has 1 heterocycles. The maximum Gasteiger partial charge on any atom is -0.00431 e. The van der Waals surface area contributed by atoms with Crippen LogP contribution >= 0.6 is 0 Å². The van der Waals surface area contributed by atoms with E-state index in [0.29, 0.717) is 0 Å². The van der Waals surface area contributed by atoms with Crippen molar-refractivity contribution >= 4 is 0 Å². The van der Waals surface area contributed by atoms with Crippen molar-refractivity contribution < 1.29 is 0 Å². The second kappa shape index (κ2) is 4.14.